The van der Waals surface area contributed by atoms with Crippen LogP contribution in [0.2, 0.25) is 0 Å². The van der Waals surface area contributed by atoms with Gasteiger partial charge in [-0.2, -0.15) is 0 Å². The zero-order valence-corrected chi connectivity index (χ0v) is 14.4. The summed E-state index contributed by atoms with van der Waals surface area (Å²) < 4.78 is 17.4. The highest BCUT2D eigenvalue weighted by Gasteiger charge is 2.32. The Morgan fingerprint density at radius 3 is 2.70 bits per heavy atom. The molecule has 0 radical (unpaired) electrons. The number of aryl methyl sites for hydroxylation is 1. The molecular weight excluding hydrogens is 360 g/mol. The van der Waals surface area contributed by atoms with Crippen LogP contribution in [0.4, 0.5) is 0 Å². The lowest BCUT2D eigenvalue weighted by Gasteiger charge is -2.28. The third-order valence-corrected chi connectivity index (χ3v) is 5.65. The summed E-state index contributed by atoms with van der Waals surface area (Å²) in [4.78, 5) is 12.1. The highest BCUT2D eigenvalue weighted by molar-refractivity contribution is 9.10. The minimum Gasteiger partial charge on any atom is -0.454 e. The topological polar surface area (TPSA) is 44.8 Å². The molecule has 5 heteroatoms. The van der Waals surface area contributed by atoms with E-state index in [0.717, 1.165) is 38.2 Å². The number of esters is 1. The summed E-state index contributed by atoms with van der Waals surface area (Å²) in [7, 11) is 0. The summed E-state index contributed by atoms with van der Waals surface area (Å²) in [6.07, 6.45) is 0.322. The monoisotopic (exact) mass is 374 g/mol. The second-order valence-electron chi connectivity index (χ2n) is 5.89. The van der Waals surface area contributed by atoms with Crippen LogP contribution in [0.15, 0.2) is 28.7 Å². The molecule has 0 saturated carbocycles. The first-order valence-electron chi connectivity index (χ1n) is 7.44. The Bertz CT molecular complexity index is 828. The third kappa shape index (κ3) is 2.30. The zero-order valence-electron chi connectivity index (χ0n) is 12.8. The SMILES string of the molecule is Cc1cc2c(c(C)c1Br)C(c1ccc3c(c1)OCO3)CC(=O)O2. The summed E-state index contributed by atoms with van der Waals surface area (Å²) in [6, 6.07) is 7.77. The summed E-state index contributed by atoms with van der Waals surface area (Å²) >= 11 is 3.64. The molecule has 4 rings (SSSR count). The van der Waals surface area contributed by atoms with Crippen LogP contribution in [0, 0.1) is 13.8 Å². The Hall–Kier alpha value is -2.01. The van der Waals surface area contributed by atoms with Crippen molar-refractivity contribution in [2.24, 2.45) is 0 Å². The van der Waals surface area contributed by atoms with Crippen LogP contribution < -0.4 is 14.2 Å². The number of ether oxygens (including phenoxy) is 3. The van der Waals surface area contributed by atoms with Crippen LogP contribution in [-0.4, -0.2) is 12.8 Å². The fourth-order valence-corrected chi connectivity index (χ4v) is 3.63. The smallest absolute Gasteiger partial charge is 0.312 e. The van der Waals surface area contributed by atoms with Gasteiger partial charge >= 0.3 is 5.97 Å². The van der Waals surface area contributed by atoms with Crippen LogP contribution in [0.25, 0.3) is 0 Å². The average Bonchev–Trinajstić information content (AvgIpc) is 2.99. The van der Waals surface area contributed by atoms with Gasteiger partial charge in [-0.1, -0.05) is 22.0 Å². The number of carbonyl (C=O) groups is 1. The highest BCUT2D eigenvalue weighted by Crippen LogP contribution is 2.45. The van der Waals surface area contributed by atoms with E-state index < -0.39 is 0 Å². The Labute approximate surface area is 142 Å². The van der Waals surface area contributed by atoms with Crippen molar-refractivity contribution in [1.82, 2.24) is 0 Å². The predicted molar refractivity (Wildman–Crippen MR) is 88.3 cm³/mol. The van der Waals surface area contributed by atoms with E-state index in [2.05, 4.69) is 22.9 Å². The lowest BCUT2D eigenvalue weighted by Crippen LogP contribution is -2.22. The molecule has 2 aliphatic heterocycles. The van der Waals surface area contributed by atoms with Crippen molar-refractivity contribution in [3.63, 3.8) is 0 Å². The fraction of sp³-hybridized carbons (Fsp3) is 0.278. The van der Waals surface area contributed by atoms with E-state index in [1.54, 1.807) is 0 Å². The molecule has 2 heterocycles. The van der Waals surface area contributed by atoms with Gasteiger partial charge in [-0.15, -0.1) is 0 Å². The minimum atomic E-state index is -0.207. The average molecular weight is 375 g/mol. The second kappa shape index (κ2) is 5.27. The maximum atomic E-state index is 12.1. The van der Waals surface area contributed by atoms with E-state index in [9.17, 15) is 4.79 Å². The van der Waals surface area contributed by atoms with Crippen molar-refractivity contribution in [3.8, 4) is 17.2 Å². The molecule has 0 amide bonds. The predicted octanol–water partition coefficient (Wildman–Crippen LogP) is 4.24. The van der Waals surface area contributed by atoms with Crippen molar-refractivity contribution in [1.29, 1.82) is 0 Å². The molecule has 2 aromatic rings. The van der Waals surface area contributed by atoms with Crippen molar-refractivity contribution in [2.75, 3.05) is 6.79 Å². The van der Waals surface area contributed by atoms with Crippen LogP contribution in [0.3, 0.4) is 0 Å². The molecule has 118 valence electrons. The van der Waals surface area contributed by atoms with Gasteiger partial charge in [-0.3, -0.25) is 4.79 Å². The minimum absolute atomic E-state index is 0.0438. The lowest BCUT2D eigenvalue weighted by molar-refractivity contribution is -0.135. The molecule has 2 aromatic carbocycles. The molecule has 0 saturated heterocycles. The summed E-state index contributed by atoms with van der Waals surface area (Å²) in [6.45, 7) is 4.29. The number of benzene rings is 2. The van der Waals surface area contributed by atoms with Crippen LogP contribution >= 0.6 is 15.9 Å². The molecular formula is C18H15BrO4. The van der Waals surface area contributed by atoms with Gasteiger partial charge < -0.3 is 14.2 Å². The molecule has 4 nitrogen and oxygen atoms in total. The Kier molecular flexibility index (Phi) is 3.34. The number of hydrogen-bond donors (Lipinski definition) is 0. The summed E-state index contributed by atoms with van der Waals surface area (Å²) in [5, 5.41) is 0. The van der Waals surface area contributed by atoms with Crippen molar-refractivity contribution < 1.29 is 19.0 Å². The molecule has 0 N–H and O–H groups in total. The van der Waals surface area contributed by atoms with Crippen molar-refractivity contribution in [2.45, 2.75) is 26.2 Å². The largest absolute Gasteiger partial charge is 0.454 e. The van der Waals surface area contributed by atoms with Crippen LogP contribution in [0.5, 0.6) is 17.2 Å². The molecule has 0 spiro atoms. The molecule has 0 bridgehead atoms. The van der Waals surface area contributed by atoms with Gasteiger partial charge in [-0.25, -0.2) is 0 Å². The van der Waals surface area contributed by atoms with Gasteiger partial charge in [0.25, 0.3) is 0 Å². The molecule has 23 heavy (non-hydrogen) atoms. The Morgan fingerprint density at radius 1 is 1.09 bits per heavy atom. The quantitative estimate of drug-likeness (QED) is 0.553. The van der Waals surface area contributed by atoms with Gasteiger partial charge in [0.2, 0.25) is 6.79 Å². The van der Waals surface area contributed by atoms with E-state index in [1.807, 2.05) is 31.2 Å². The standard InChI is InChI=1S/C18H15BrO4/c1-9-5-15-17(10(2)18(9)19)12(7-16(20)23-15)11-3-4-13-14(6-11)22-8-21-13/h3-6,12H,7-8H2,1-2H3. The molecule has 0 aromatic heterocycles. The highest BCUT2D eigenvalue weighted by atomic mass is 79.9. The van der Waals surface area contributed by atoms with Crippen molar-refractivity contribution in [3.05, 3.63) is 51.0 Å². The van der Waals surface area contributed by atoms with E-state index >= 15 is 0 Å². The summed E-state index contributed by atoms with van der Waals surface area (Å²) in [5.41, 5.74) is 4.25. The first-order valence-corrected chi connectivity index (χ1v) is 8.23. The summed E-state index contributed by atoms with van der Waals surface area (Å²) in [5.74, 6) is 1.88. The fourth-order valence-electron chi connectivity index (χ4n) is 3.30. The van der Waals surface area contributed by atoms with Gasteiger partial charge in [0, 0.05) is 16.0 Å². The van der Waals surface area contributed by atoms with Crippen molar-refractivity contribution >= 4 is 21.9 Å². The molecule has 0 fully saturated rings. The maximum absolute atomic E-state index is 12.1. The Balaban J connectivity index is 1.88. The van der Waals surface area contributed by atoms with Gasteiger partial charge in [-0.05, 0) is 48.7 Å². The second-order valence-corrected chi connectivity index (χ2v) is 6.68. The molecule has 0 aliphatic carbocycles. The normalized spacial score (nSPS) is 18.6. The molecule has 1 atom stereocenters. The van der Waals surface area contributed by atoms with E-state index in [1.165, 1.54) is 0 Å². The number of rotatable bonds is 1. The number of carbonyl (C=O) groups excluding carboxylic acids is 1. The third-order valence-electron chi connectivity index (χ3n) is 4.43. The van der Waals surface area contributed by atoms with Gasteiger partial charge in [0.1, 0.15) is 5.75 Å². The zero-order chi connectivity index (χ0) is 16.1. The first kappa shape index (κ1) is 14.6. The van der Waals surface area contributed by atoms with E-state index in [-0.39, 0.29) is 18.7 Å². The van der Waals surface area contributed by atoms with Gasteiger partial charge in [0.05, 0.1) is 6.42 Å². The van der Waals surface area contributed by atoms with E-state index in [4.69, 9.17) is 14.2 Å². The number of fused-ring (bicyclic) bond motifs is 2. The Morgan fingerprint density at radius 2 is 1.87 bits per heavy atom. The van der Waals surface area contributed by atoms with Crippen LogP contribution in [0.1, 0.15) is 34.6 Å². The molecule has 2 aliphatic rings. The van der Waals surface area contributed by atoms with Crippen LogP contribution in [-0.2, 0) is 4.79 Å². The lowest BCUT2D eigenvalue weighted by atomic mass is 9.83. The number of halogens is 1. The molecule has 1 unspecified atom stereocenters. The first-order chi connectivity index (χ1) is 11.0. The maximum Gasteiger partial charge on any atom is 0.312 e. The van der Waals surface area contributed by atoms with E-state index in [0.29, 0.717) is 12.2 Å². The number of hydrogen-bond acceptors (Lipinski definition) is 4. The van der Waals surface area contributed by atoms with Gasteiger partial charge in [0.15, 0.2) is 11.5 Å².